The van der Waals surface area contributed by atoms with E-state index >= 15 is 0 Å². The summed E-state index contributed by atoms with van der Waals surface area (Å²) in [6.07, 6.45) is 3.22. The van der Waals surface area contributed by atoms with Crippen LogP contribution in [0.25, 0.3) is 0 Å². The Morgan fingerprint density at radius 2 is 1.81 bits per heavy atom. The number of nitrogens with one attached hydrogen (secondary N) is 1. The van der Waals surface area contributed by atoms with Crippen LogP contribution >= 0.6 is 0 Å². The first kappa shape index (κ1) is 16.9. The molecule has 2 aromatic rings. The molecule has 1 aliphatic carbocycles. The maximum absolute atomic E-state index is 13.8. The van der Waals surface area contributed by atoms with E-state index in [1.54, 1.807) is 6.07 Å². The first-order valence-corrected chi connectivity index (χ1v) is 9.25. The van der Waals surface area contributed by atoms with E-state index in [9.17, 15) is 9.18 Å². The SMILES string of the molecule is O=C(NC1CCc2c(F)cccc21)N1CCC(Oc2ccccc2)CC1. The number of hydrogen-bond donors (Lipinski definition) is 1. The van der Waals surface area contributed by atoms with Crippen molar-refractivity contribution in [2.75, 3.05) is 13.1 Å². The van der Waals surface area contributed by atoms with Gasteiger partial charge in [-0.25, -0.2) is 9.18 Å². The van der Waals surface area contributed by atoms with Crippen molar-refractivity contribution < 1.29 is 13.9 Å². The highest BCUT2D eigenvalue weighted by molar-refractivity contribution is 5.75. The average Bonchev–Trinajstić information content (AvgIpc) is 3.07. The molecule has 2 amide bonds. The summed E-state index contributed by atoms with van der Waals surface area (Å²) in [6, 6.07) is 14.7. The number of benzene rings is 2. The molecular weight excluding hydrogens is 331 g/mol. The Morgan fingerprint density at radius 3 is 2.58 bits per heavy atom. The number of para-hydroxylation sites is 1. The first-order valence-electron chi connectivity index (χ1n) is 9.25. The van der Waals surface area contributed by atoms with Gasteiger partial charge in [-0.1, -0.05) is 30.3 Å². The highest BCUT2D eigenvalue weighted by Crippen LogP contribution is 2.32. The van der Waals surface area contributed by atoms with Gasteiger partial charge in [0.2, 0.25) is 0 Å². The third-order valence-electron chi connectivity index (χ3n) is 5.29. The van der Waals surface area contributed by atoms with Crippen molar-refractivity contribution in [2.24, 2.45) is 0 Å². The lowest BCUT2D eigenvalue weighted by Crippen LogP contribution is -2.47. The van der Waals surface area contributed by atoms with Crippen molar-refractivity contribution in [1.29, 1.82) is 0 Å². The summed E-state index contributed by atoms with van der Waals surface area (Å²) in [7, 11) is 0. The second kappa shape index (κ2) is 7.36. The largest absolute Gasteiger partial charge is 0.490 e. The van der Waals surface area contributed by atoms with Crippen LogP contribution in [0.1, 0.15) is 36.4 Å². The Bertz CT molecular complexity index is 773. The molecular formula is C21H23FN2O2. The second-order valence-electron chi connectivity index (χ2n) is 6.97. The first-order chi connectivity index (χ1) is 12.7. The van der Waals surface area contributed by atoms with Gasteiger partial charge in [-0.3, -0.25) is 0 Å². The molecule has 4 nitrogen and oxygen atoms in total. The zero-order valence-corrected chi connectivity index (χ0v) is 14.7. The molecule has 1 atom stereocenters. The minimum atomic E-state index is -0.168. The van der Waals surface area contributed by atoms with E-state index in [0.29, 0.717) is 19.5 Å². The van der Waals surface area contributed by atoms with E-state index in [-0.39, 0.29) is 24.0 Å². The van der Waals surface area contributed by atoms with Crippen LogP contribution in [-0.2, 0) is 6.42 Å². The molecule has 2 aliphatic rings. The molecule has 4 rings (SSSR count). The summed E-state index contributed by atoms with van der Waals surface area (Å²) >= 11 is 0. The average molecular weight is 354 g/mol. The number of hydrogen-bond acceptors (Lipinski definition) is 2. The van der Waals surface area contributed by atoms with Crippen LogP contribution in [0.4, 0.5) is 9.18 Å². The van der Waals surface area contributed by atoms with Crippen LogP contribution in [0.2, 0.25) is 0 Å². The maximum Gasteiger partial charge on any atom is 0.317 e. The van der Waals surface area contributed by atoms with Gasteiger partial charge in [0, 0.05) is 25.9 Å². The van der Waals surface area contributed by atoms with Crippen molar-refractivity contribution in [3.63, 3.8) is 0 Å². The van der Waals surface area contributed by atoms with Gasteiger partial charge in [-0.05, 0) is 42.2 Å². The number of halogens is 1. The molecule has 1 saturated heterocycles. The van der Waals surface area contributed by atoms with Gasteiger partial charge in [0.05, 0.1) is 6.04 Å². The Morgan fingerprint density at radius 1 is 1.04 bits per heavy atom. The van der Waals surface area contributed by atoms with Gasteiger partial charge in [0.25, 0.3) is 0 Å². The minimum Gasteiger partial charge on any atom is -0.490 e. The predicted octanol–water partition coefficient (Wildman–Crippen LogP) is 4.07. The standard InChI is InChI=1S/C21H23FN2O2/c22-19-8-4-7-18-17(19)9-10-20(18)23-21(25)24-13-11-16(12-14-24)26-15-5-2-1-3-6-15/h1-8,16,20H,9-14H2,(H,23,25). The lowest BCUT2D eigenvalue weighted by atomic mass is 10.1. The molecule has 0 spiro atoms. The Hall–Kier alpha value is -2.56. The molecule has 26 heavy (non-hydrogen) atoms. The zero-order valence-electron chi connectivity index (χ0n) is 14.7. The van der Waals surface area contributed by atoms with Crippen LogP contribution in [0.15, 0.2) is 48.5 Å². The van der Waals surface area contributed by atoms with Crippen molar-refractivity contribution in [3.8, 4) is 5.75 Å². The normalized spacial score (nSPS) is 19.9. The van der Waals surface area contributed by atoms with Crippen LogP contribution in [0.3, 0.4) is 0 Å². The fraction of sp³-hybridized carbons (Fsp3) is 0.381. The van der Waals surface area contributed by atoms with E-state index in [2.05, 4.69) is 5.32 Å². The van der Waals surface area contributed by atoms with E-state index < -0.39 is 0 Å². The van der Waals surface area contributed by atoms with Gasteiger partial charge in [0.1, 0.15) is 17.7 Å². The van der Waals surface area contributed by atoms with Crippen LogP contribution < -0.4 is 10.1 Å². The Kier molecular flexibility index (Phi) is 4.78. The topological polar surface area (TPSA) is 41.6 Å². The summed E-state index contributed by atoms with van der Waals surface area (Å²) in [5, 5.41) is 3.08. The van der Waals surface area contributed by atoms with E-state index in [1.165, 1.54) is 6.07 Å². The third kappa shape index (κ3) is 3.52. The number of amides is 2. The van der Waals surface area contributed by atoms with Gasteiger partial charge >= 0.3 is 6.03 Å². The molecule has 5 heteroatoms. The van der Waals surface area contributed by atoms with Gasteiger partial charge in [-0.15, -0.1) is 0 Å². The number of rotatable bonds is 3. The number of fused-ring (bicyclic) bond motifs is 1. The molecule has 0 radical (unpaired) electrons. The number of nitrogens with zero attached hydrogens (tertiary/aromatic N) is 1. The van der Waals surface area contributed by atoms with E-state index in [4.69, 9.17) is 4.74 Å². The van der Waals surface area contributed by atoms with Crippen molar-refractivity contribution in [1.82, 2.24) is 10.2 Å². The lowest BCUT2D eigenvalue weighted by molar-refractivity contribution is 0.110. The number of urea groups is 1. The highest BCUT2D eigenvalue weighted by atomic mass is 19.1. The quantitative estimate of drug-likeness (QED) is 0.903. The fourth-order valence-electron chi connectivity index (χ4n) is 3.87. The predicted molar refractivity (Wildman–Crippen MR) is 97.7 cm³/mol. The number of piperidine rings is 1. The number of ether oxygens (including phenoxy) is 1. The van der Waals surface area contributed by atoms with Crippen LogP contribution in [0.5, 0.6) is 5.75 Å². The molecule has 0 bridgehead atoms. The molecule has 136 valence electrons. The smallest absolute Gasteiger partial charge is 0.317 e. The third-order valence-corrected chi connectivity index (χ3v) is 5.29. The molecule has 1 heterocycles. The lowest BCUT2D eigenvalue weighted by Gasteiger charge is -2.33. The van der Waals surface area contributed by atoms with E-state index in [1.807, 2.05) is 41.3 Å². The van der Waals surface area contributed by atoms with Gasteiger partial charge in [-0.2, -0.15) is 0 Å². The van der Waals surface area contributed by atoms with Crippen molar-refractivity contribution in [3.05, 3.63) is 65.5 Å². The molecule has 1 N–H and O–H groups in total. The maximum atomic E-state index is 13.8. The van der Waals surface area contributed by atoms with E-state index in [0.717, 1.165) is 36.1 Å². The summed E-state index contributed by atoms with van der Waals surface area (Å²) < 4.78 is 19.8. The number of carbonyl (C=O) groups is 1. The molecule has 0 aromatic heterocycles. The molecule has 0 saturated carbocycles. The Labute approximate surface area is 153 Å². The summed E-state index contributed by atoms with van der Waals surface area (Å²) in [5.41, 5.74) is 1.66. The van der Waals surface area contributed by atoms with Crippen molar-refractivity contribution in [2.45, 2.75) is 37.8 Å². The molecule has 2 aromatic carbocycles. The molecule has 1 fully saturated rings. The summed E-state index contributed by atoms with van der Waals surface area (Å²) in [4.78, 5) is 14.4. The fourth-order valence-corrected chi connectivity index (χ4v) is 3.87. The highest BCUT2D eigenvalue weighted by Gasteiger charge is 2.29. The summed E-state index contributed by atoms with van der Waals surface area (Å²) in [5.74, 6) is 0.707. The van der Waals surface area contributed by atoms with Crippen LogP contribution in [0, 0.1) is 5.82 Å². The number of likely N-dealkylation sites (tertiary alicyclic amines) is 1. The second-order valence-corrected chi connectivity index (χ2v) is 6.97. The zero-order chi connectivity index (χ0) is 17.9. The van der Waals surface area contributed by atoms with Crippen LogP contribution in [-0.4, -0.2) is 30.1 Å². The summed E-state index contributed by atoms with van der Waals surface area (Å²) in [6.45, 7) is 1.35. The molecule has 1 aliphatic heterocycles. The monoisotopic (exact) mass is 354 g/mol. The Balaban J connectivity index is 1.30. The van der Waals surface area contributed by atoms with Gasteiger partial charge in [0.15, 0.2) is 0 Å². The number of carbonyl (C=O) groups excluding carboxylic acids is 1. The van der Waals surface area contributed by atoms with Crippen molar-refractivity contribution >= 4 is 6.03 Å². The minimum absolute atomic E-state index is 0.0646. The van der Waals surface area contributed by atoms with Gasteiger partial charge < -0.3 is 15.0 Å². The molecule has 1 unspecified atom stereocenters.